The van der Waals surface area contributed by atoms with E-state index in [2.05, 4.69) is 25.8 Å². The van der Waals surface area contributed by atoms with E-state index in [-0.39, 0.29) is 62.9 Å². The van der Waals surface area contributed by atoms with Crippen molar-refractivity contribution in [2.75, 3.05) is 40.1 Å². The fourth-order valence-corrected chi connectivity index (χ4v) is 8.33. The third kappa shape index (κ3) is 9.51. The highest BCUT2D eigenvalue weighted by atomic mass is 16.7. The number of ether oxygens (including phenoxy) is 4. The zero-order valence-corrected chi connectivity index (χ0v) is 32.3. The Morgan fingerprint density at radius 3 is 2.45 bits per heavy atom. The predicted octanol–water partition coefficient (Wildman–Crippen LogP) is 7.64. The van der Waals surface area contributed by atoms with E-state index >= 15 is 0 Å². The fourth-order valence-electron chi connectivity index (χ4n) is 8.33. The van der Waals surface area contributed by atoms with Crippen LogP contribution in [0.15, 0.2) is 97.2 Å². The zero-order chi connectivity index (χ0) is 40.1. The summed E-state index contributed by atoms with van der Waals surface area (Å²) in [6.45, 7) is 12.3. The summed E-state index contributed by atoms with van der Waals surface area (Å²) in [7, 11) is 1.67. The largest absolute Gasteiger partial charge is 0.490 e. The van der Waals surface area contributed by atoms with Crippen molar-refractivity contribution in [3.05, 3.63) is 113 Å². The third-order valence-corrected chi connectivity index (χ3v) is 10.9. The van der Waals surface area contributed by atoms with Crippen LogP contribution >= 0.6 is 0 Å². The number of nitro benzene ring substituents is 1. The summed E-state index contributed by atoms with van der Waals surface area (Å²) in [6.07, 6.45) is 11.9. The van der Waals surface area contributed by atoms with E-state index in [4.69, 9.17) is 28.9 Å². The second-order valence-corrected chi connectivity index (χ2v) is 14.4. The van der Waals surface area contributed by atoms with Crippen molar-refractivity contribution >= 4 is 17.5 Å². The molecule has 0 spiro atoms. The Kier molecular flexibility index (Phi) is 15.3. The number of carbonyl (C=O) groups excluding carboxylic acids is 1. The smallest absolute Gasteiger partial charge is 0.409 e. The Balaban J connectivity index is 1.70. The van der Waals surface area contributed by atoms with Crippen LogP contribution in [0.5, 0.6) is 11.5 Å². The van der Waals surface area contributed by atoms with Crippen molar-refractivity contribution in [2.24, 2.45) is 22.9 Å². The number of allylic oxidation sites excluding steroid dienone is 1. The Morgan fingerprint density at radius 1 is 1.04 bits per heavy atom. The zero-order valence-electron chi connectivity index (χ0n) is 32.3. The molecule has 13 nitrogen and oxygen atoms in total. The number of non-ortho nitro benzene ring substituents is 1. The number of nitro groups is 1. The maximum absolute atomic E-state index is 13.8. The predicted molar refractivity (Wildman–Crippen MR) is 212 cm³/mol. The summed E-state index contributed by atoms with van der Waals surface area (Å²) < 4.78 is 25.7. The lowest BCUT2D eigenvalue weighted by molar-refractivity contribution is -0.384. The monoisotopic (exact) mass is 773 g/mol. The molecule has 1 saturated carbocycles. The third-order valence-electron chi connectivity index (χ3n) is 10.9. The molecule has 0 saturated heterocycles. The van der Waals surface area contributed by atoms with Gasteiger partial charge in [0.25, 0.3) is 5.69 Å². The van der Waals surface area contributed by atoms with Crippen LogP contribution in [0.3, 0.4) is 0 Å². The number of likely N-dealkylation sites (N-methyl/N-ethyl adjacent to an activating group) is 1. The van der Waals surface area contributed by atoms with Gasteiger partial charge < -0.3 is 38.9 Å². The lowest BCUT2D eigenvalue weighted by Crippen LogP contribution is -2.69. The van der Waals surface area contributed by atoms with Gasteiger partial charge in [-0.1, -0.05) is 48.9 Å². The number of unbranched alkanes of at least 4 members (excludes halogenated alkanes) is 2. The molecule has 13 heteroatoms. The van der Waals surface area contributed by atoms with Crippen LogP contribution in [0, 0.1) is 27.9 Å². The molecule has 56 heavy (non-hydrogen) atoms. The summed E-state index contributed by atoms with van der Waals surface area (Å²) in [5.41, 5.74) is 3.10. The van der Waals surface area contributed by atoms with Crippen LogP contribution in [0.25, 0.3) is 0 Å². The van der Waals surface area contributed by atoms with E-state index < -0.39 is 28.8 Å². The summed E-state index contributed by atoms with van der Waals surface area (Å²) in [4.78, 5) is 32.1. The van der Waals surface area contributed by atoms with Gasteiger partial charge in [0.2, 0.25) is 5.79 Å². The number of oxime groups is 1. The molecule has 1 amide bonds. The van der Waals surface area contributed by atoms with Crippen molar-refractivity contribution in [3.8, 4) is 11.5 Å². The van der Waals surface area contributed by atoms with E-state index in [9.17, 15) is 25.1 Å². The highest BCUT2D eigenvalue weighted by molar-refractivity contribution is 6.02. The number of rotatable bonds is 22. The van der Waals surface area contributed by atoms with Gasteiger partial charge in [-0.2, -0.15) is 0 Å². The van der Waals surface area contributed by atoms with Gasteiger partial charge in [-0.25, -0.2) is 4.79 Å². The molecule has 1 aliphatic heterocycles. The maximum Gasteiger partial charge on any atom is 0.409 e. The highest BCUT2D eigenvalue weighted by Crippen LogP contribution is 2.61. The van der Waals surface area contributed by atoms with Crippen molar-refractivity contribution in [2.45, 2.75) is 75.7 Å². The van der Waals surface area contributed by atoms with E-state index in [0.717, 1.165) is 36.8 Å². The molecule has 2 aromatic carbocycles. The molecule has 2 aromatic rings. The van der Waals surface area contributed by atoms with Gasteiger partial charge in [-0.3, -0.25) is 10.1 Å². The Labute approximate surface area is 329 Å². The number of nitrogens with zero attached hydrogens (tertiary/aromatic N) is 3. The van der Waals surface area contributed by atoms with E-state index in [1.807, 2.05) is 18.2 Å². The van der Waals surface area contributed by atoms with Gasteiger partial charge in [-0.15, -0.1) is 13.2 Å². The number of fused-ring (bicyclic) bond motifs is 2. The van der Waals surface area contributed by atoms with E-state index in [0.29, 0.717) is 48.6 Å². The molecule has 2 aliphatic carbocycles. The summed E-state index contributed by atoms with van der Waals surface area (Å²) in [5, 5.41) is 35.6. The molecule has 2 N–H and O–H groups in total. The standard InChI is InChI=1S/C43H55N3O10/c1-5-8-25-53-42(49)45(4)39-28-37(44-55-29-30-15-17-32(18-16-30)46(50)51)35-26-31(13-9-11-21-47)34(14-10-12-22-48)40-36-27-33(52-23-6-2)19-20-38(36)56-43(39,41(35)40)54-24-7-3/h5-7,15-20,26-27,31,34,39-41,47-48H,1-3,8-14,21-25,28-29H2,4H3/t31-,34+,39-,40+,41+,43+/m0/s1. The topological polar surface area (TPSA) is 162 Å². The van der Waals surface area contributed by atoms with Crippen LogP contribution < -0.4 is 9.47 Å². The minimum Gasteiger partial charge on any atom is -0.490 e. The van der Waals surface area contributed by atoms with Crippen LogP contribution in [0.1, 0.15) is 68.4 Å². The molecule has 0 bridgehead atoms. The van der Waals surface area contributed by atoms with Crippen LogP contribution in [0.2, 0.25) is 0 Å². The van der Waals surface area contributed by atoms with Gasteiger partial charge in [0, 0.05) is 50.3 Å². The number of carbonyl (C=O) groups is 1. The quantitative estimate of drug-likeness (QED) is 0.0527. The van der Waals surface area contributed by atoms with Gasteiger partial charge >= 0.3 is 6.09 Å². The van der Waals surface area contributed by atoms with Crippen LogP contribution in [-0.2, 0) is 20.9 Å². The molecule has 6 atom stereocenters. The lowest BCUT2D eigenvalue weighted by Gasteiger charge is -2.59. The van der Waals surface area contributed by atoms with Crippen LogP contribution in [0.4, 0.5) is 10.5 Å². The first-order chi connectivity index (χ1) is 27.2. The second-order valence-electron chi connectivity index (χ2n) is 14.4. The molecular formula is C43H55N3O10. The maximum atomic E-state index is 13.8. The number of aliphatic hydroxyl groups is 2. The normalized spacial score (nSPS) is 24.1. The Bertz CT molecular complexity index is 1740. The second kappa shape index (κ2) is 20.3. The SMILES string of the molecule is C=CCCOC(=O)N(C)[C@H]1CC(=NOCc2ccc([N+](=O)[O-])cc2)C2=C[C@H](CCCCO)[C@@H](CCCCO)[C@@H]3c4cc(OCC=C)ccc4O[C@@]1(OCC=C)[C@H]23. The highest BCUT2D eigenvalue weighted by Gasteiger charge is 2.65. The van der Waals surface area contributed by atoms with Crippen molar-refractivity contribution in [1.82, 2.24) is 4.90 Å². The first-order valence-electron chi connectivity index (χ1n) is 19.4. The minimum absolute atomic E-state index is 0.0242. The fraction of sp³-hybridized carbons (Fsp3) is 0.488. The lowest BCUT2D eigenvalue weighted by atomic mass is 9.55. The number of benzene rings is 2. The van der Waals surface area contributed by atoms with Crippen molar-refractivity contribution in [1.29, 1.82) is 0 Å². The van der Waals surface area contributed by atoms with Crippen molar-refractivity contribution < 1.29 is 43.7 Å². The summed E-state index contributed by atoms with van der Waals surface area (Å²) in [6, 6.07) is 11.1. The first kappa shape index (κ1) is 42.2. The molecule has 0 radical (unpaired) electrons. The van der Waals surface area contributed by atoms with E-state index in [1.165, 1.54) is 17.0 Å². The van der Waals surface area contributed by atoms with Gasteiger partial charge in [0.05, 0.1) is 29.8 Å². The minimum atomic E-state index is -1.42. The molecular weight excluding hydrogens is 718 g/mol. The Hall–Kier alpha value is -4.98. The molecule has 0 unspecified atom stereocenters. The average Bonchev–Trinajstić information content (AvgIpc) is 3.20. The van der Waals surface area contributed by atoms with E-state index in [1.54, 1.807) is 37.4 Å². The molecule has 3 aliphatic rings. The number of amides is 1. The average molecular weight is 774 g/mol. The number of hydrogen-bond donors (Lipinski definition) is 2. The molecule has 1 heterocycles. The van der Waals surface area contributed by atoms with Gasteiger partial charge in [-0.05, 0) is 85.4 Å². The molecule has 302 valence electrons. The molecule has 1 fully saturated rings. The Morgan fingerprint density at radius 2 is 1.77 bits per heavy atom. The number of aliphatic hydroxyl groups excluding tert-OH is 2. The summed E-state index contributed by atoms with van der Waals surface area (Å²) >= 11 is 0. The molecule has 0 aromatic heterocycles. The van der Waals surface area contributed by atoms with Gasteiger partial charge in [0.15, 0.2) is 0 Å². The van der Waals surface area contributed by atoms with Crippen molar-refractivity contribution in [3.63, 3.8) is 0 Å². The summed E-state index contributed by atoms with van der Waals surface area (Å²) in [5.74, 6) is -0.778. The van der Waals surface area contributed by atoms with Gasteiger partial charge in [0.1, 0.15) is 30.8 Å². The molecule has 5 rings (SSSR count). The van der Waals surface area contributed by atoms with Crippen LogP contribution in [-0.4, -0.2) is 83.8 Å². The first-order valence-corrected chi connectivity index (χ1v) is 19.4. The number of hydrogen-bond acceptors (Lipinski definition) is 11.